The summed E-state index contributed by atoms with van der Waals surface area (Å²) in [7, 11) is 0. The van der Waals surface area contributed by atoms with Gasteiger partial charge < -0.3 is 5.32 Å². The maximum absolute atomic E-state index is 6.04. The Morgan fingerprint density at radius 3 is 2.59 bits per heavy atom. The second-order valence-electron chi connectivity index (χ2n) is 4.13. The molecule has 1 unspecified atom stereocenters. The molecule has 96 valence electrons. The van der Waals surface area contributed by atoms with Gasteiger partial charge in [-0.25, -0.2) is 4.98 Å². The van der Waals surface area contributed by atoms with Gasteiger partial charge in [0.15, 0.2) is 0 Å². The minimum absolute atomic E-state index is 0.277. The first kappa shape index (κ1) is 14.9. The first-order chi connectivity index (χ1) is 8.04. The number of nitrogens with zero attached hydrogens (tertiary/aromatic N) is 1. The van der Waals surface area contributed by atoms with E-state index in [1.165, 1.54) is 19.3 Å². The van der Waals surface area contributed by atoms with Crippen molar-refractivity contribution in [1.29, 1.82) is 0 Å². The molecule has 0 radical (unpaired) electrons. The molecule has 0 saturated carbocycles. The largest absolute Gasteiger partial charge is 0.366 e. The van der Waals surface area contributed by atoms with E-state index in [9.17, 15) is 0 Å². The summed E-state index contributed by atoms with van der Waals surface area (Å²) in [6, 6.07) is 1.93. The van der Waals surface area contributed by atoms with Crippen LogP contribution in [0.2, 0.25) is 15.2 Å². The van der Waals surface area contributed by atoms with Gasteiger partial charge in [-0.15, -0.1) is 0 Å². The zero-order chi connectivity index (χ0) is 12.8. The molecule has 0 aliphatic rings. The topological polar surface area (TPSA) is 24.9 Å². The molecule has 0 aromatic carbocycles. The van der Waals surface area contributed by atoms with Gasteiger partial charge in [-0.05, 0) is 19.4 Å². The highest BCUT2D eigenvalue weighted by Gasteiger charge is 2.10. The molecule has 2 nitrogen and oxygen atoms in total. The summed E-state index contributed by atoms with van der Waals surface area (Å²) >= 11 is 17.7. The lowest BCUT2D eigenvalue weighted by molar-refractivity contribution is 0.614. The quantitative estimate of drug-likeness (QED) is 0.559. The lowest BCUT2D eigenvalue weighted by Crippen LogP contribution is -2.16. The van der Waals surface area contributed by atoms with E-state index in [-0.39, 0.29) is 5.15 Å². The maximum atomic E-state index is 6.04. The fraction of sp³-hybridized carbons (Fsp3) is 0.583. The van der Waals surface area contributed by atoms with Gasteiger partial charge in [0, 0.05) is 6.04 Å². The van der Waals surface area contributed by atoms with E-state index in [1.54, 1.807) is 6.07 Å². The van der Waals surface area contributed by atoms with Gasteiger partial charge in [-0.2, -0.15) is 0 Å². The Morgan fingerprint density at radius 2 is 1.94 bits per heavy atom. The Morgan fingerprint density at radius 1 is 1.24 bits per heavy atom. The molecule has 5 heteroatoms. The summed E-state index contributed by atoms with van der Waals surface area (Å²) in [5.74, 6) is 0.602. The van der Waals surface area contributed by atoms with Crippen LogP contribution in [-0.4, -0.2) is 11.0 Å². The highest BCUT2D eigenvalue weighted by atomic mass is 35.5. The predicted molar refractivity (Wildman–Crippen MR) is 76.5 cm³/mol. The standard InChI is InChI=1S/C12H17Cl3N2/c1-3-4-5-6-8(2)16-12-10(14)7-9(13)11(15)17-12/h7-8H,3-6H2,1-2H3,(H,16,17). The average molecular weight is 296 g/mol. The fourth-order valence-corrected chi connectivity index (χ4v) is 2.10. The van der Waals surface area contributed by atoms with Crippen LogP contribution in [0.15, 0.2) is 6.07 Å². The van der Waals surface area contributed by atoms with Gasteiger partial charge in [-0.1, -0.05) is 61.0 Å². The molecule has 0 saturated heterocycles. The van der Waals surface area contributed by atoms with Crippen molar-refractivity contribution in [3.8, 4) is 0 Å². The minimum atomic E-state index is 0.277. The Balaban J connectivity index is 2.58. The van der Waals surface area contributed by atoms with Gasteiger partial charge in [0.1, 0.15) is 11.0 Å². The molecule has 0 aliphatic heterocycles. The smallest absolute Gasteiger partial charge is 0.150 e. The van der Waals surface area contributed by atoms with Crippen LogP contribution >= 0.6 is 34.8 Å². The van der Waals surface area contributed by atoms with Crippen molar-refractivity contribution >= 4 is 40.6 Å². The second-order valence-corrected chi connectivity index (χ2v) is 5.31. The number of hydrogen-bond acceptors (Lipinski definition) is 2. The number of hydrogen-bond donors (Lipinski definition) is 1. The van der Waals surface area contributed by atoms with E-state index in [4.69, 9.17) is 34.8 Å². The number of halogens is 3. The summed E-state index contributed by atoms with van der Waals surface area (Å²) in [5, 5.41) is 4.41. The highest BCUT2D eigenvalue weighted by molar-refractivity contribution is 6.42. The number of pyridine rings is 1. The van der Waals surface area contributed by atoms with Crippen LogP contribution in [0, 0.1) is 0 Å². The normalized spacial score (nSPS) is 12.5. The van der Waals surface area contributed by atoms with Gasteiger partial charge in [0.2, 0.25) is 0 Å². The van der Waals surface area contributed by atoms with Crippen LogP contribution in [-0.2, 0) is 0 Å². The van der Waals surface area contributed by atoms with Crippen molar-refractivity contribution in [1.82, 2.24) is 4.98 Å². The van der Waals surface area contributed by atoms with Crippen LogP contribution in [0.5, 0.6) is 0 Å². The lowest BCUT2D eigenvalue weighted by atomic mass is 10.1. The maximum Gasteiger partial charge on any atom is 0.150 e. The summed E-state index contributed by atoms with van der Waals surface area (Å²) in [6.07, 6.45) is 4.75. The van der Waals surface area contributed by atoms with Gasteiger partial charge in [0.25, 0.3) is 0 Å². The Bertz CT molecular complexity index is 369. The van der Waals surface area contributed by atoms with Crippen LogP contribution in [0.1, 0.15) is 39.5 Å². The third kappa shape index (κ3) is 4.90. The summed E-state index contributed by atoms with van der Waals surface area (Å²) in [4.78, 5) is 4.13. The number of nitrogens with one attached hydrogen (secondary N) is 1. The van der Waals surface area contributed by atoms with Crippen LogP contribution in [0.25, 0.3) is 0 Å². The molecular formula is C12H17Cl3N2. The average Bonchev–Trinajstić information content (AvgIpc) is 2.26. The third-order valence-corrected chi connectivity index (χ3v) is 3.47. The molecule has 0 spiro atoms. The van der Waals surface area contributed by atoms with E-state index in [2.05, 4.69) is 24.1 Å². The van der Waals surface area contributed by atoms with E-state index in [0.29, 0.717) is 21.9 Å². The first-order valence-corrected chi connectivity index (χ1v) is 6.96. The number of rotatable bonds is 6. The van der Waals surface area contributed by atoms with Gasteiger partial charge in [0.05, 0.1) is 10.0 Å². The Hall–Kier alpha value is -0.180. The molecule has 0 amide bonds. The first-order valence-electron chi connectivity index (χ1n) is 5.82. The van der Waals surface area contributed by atoms with Crippen molar-refractivity contribution < 1.29 is 0 Å². The van der Waals surface area contributed by atoms with Gasteiger partial charge in [-0.3, -0.25) is 0 Å². The molecule has 1 atom stereocenters. The van der Waals surface area contributed by atoms with Crippen LogP contribution in [0.3, 0.4) is 0 Å². The Labute approximate surface area is 118 Å². The molecule has 1 rings (SSSR count). The number of anilines is 1. The molecule has 1 heterocycles. The minimum Gasteiger partial charge on any atom is -0.366 e. The summed E-state index contributed by atoms with van der Waals surface area (Å²) in [5.41, 5.74) is 0. The molecular weight excluding hydrogens is 279 g/mol. The number of aromatic nitrogens is 1. The zero-order valence-corrected chi connectivity index (χ0v) is 12.3. The SMILES string of the molecule is CCCCCC(C)Nc1nc(Cl)c(Cl)cc1Cl. The predicted octanol–water partition coefficient (Wildman–Crippen LogP) is 5.42. The van der Waals surface area contributed by atoms with Crippen LogP contribution in [0.4, 0.5) is 5.82 Å². The van der Waals surface area contributed by atoms with E-state index < -0.39 is 0 Å². The van der Waals surface area contributed by atoms with Gasteiger partial charge >= 0.3 is 0 Å². The fourth-order valence-electron chi connectivity index (χ4n) is 1.55. The summed E-state index contributed by atoms with van der Waals surface area (Å²) in [6.45, 7) is 4.30. The third-order valence-electron chi connectivity index (χ3n) is 2.51. The van der Waals surface area contributed by atoms with Crippen molar-refractivity contribution in [2.24, 2.45) is 0 Å². The Kier molecular flexibility index (Phi) is 6.39. The molecule has 0 aliphatic carbocycles. The van der Waals surface area contributed by atoms with E-state index in [0.717, 1.165) is 6.42 Å². The van der Waals surface area contributed by atoms with Crippen molar-refractivity contribution in [3.05, 3.63) is 21.3 Å². The van der Waals surface area contributed by atoms with Crippen molar-refractivity contribution in [3.63, 3.8) is 0 Å². The number of unbranched alkanes of at least 4 members (excludes halogenated alkanes) is 2. The molecule has 1 N–H and O–H groups in total. The van der Waals surface area contributed by atoms with E-state index in [1.807, 2.05) is 0 Å². The monoisotopic (exact) mass is 294 g/mol. The molecule has 17 heavy (non-hydrogen) atoms. The van der Waals surface area contributed by atoms with Crippen molar-refractivity contribution in [2.75, 3.05) is 5.32 Å². The molecule has 0 fully saturated rings. The van der Waals surface area contributed by atoms with Crippen molar-refractivity contribution in [2.45, 2.75) is 45.6 Å². The molecule has 0 bridgehead atoms. The molecule has 1 aromatic rings. The highest BCUT2D eigenvalue weighted by Crippen LogP contribution is 2.29. The van der Waals surface area contributed by atoms with Crippen LogP contribution < -0.4 is 5.32 Å². The molecule has 1 aromatic heterocycles. The zero-order valence-electron chi connectivity index (χ0n) is 10.1. The summed E-state index contributed by atoms with van der Waals surface area (Å²) < 4.78 is 0. The second kappa shape index (κ2) is 7.30. The van der Waals surface area contributed by atoms with E-state index >= 15 is 0 Å². The lowest BCUT2D eigenvalue weighted by Gasteiger charge is -2.15.